The van der Waals surface area contributed by atoms with E-state index in [1.807, 2.05) is 0 Å². The second-order valence-corrected chi connectivity index (χ2v) is 6.58. The molecule has 0 atom stereocenters. The molecule has 4 N–H and O–H groups in total. The molecule has 126 valence electrons. The minimum atomic E-state index is 0.499. The molecule has 0 aromatic carbocycles. The lowest BCUT2D eigenvalue weighted by Gasteiger charge is -2.27. The Balaban J connectivity index is 1.50. The van der Waals surface area contributed by atoms with Crippen molar-refractivity contribution in [1.82, 2.24) is 26.4 Å². The fourth-order valence-corrected chi connectivity index (χ4v) is 3.15. The first-order chi connectivity index (χ1) is 10.7. The van der Waals surface area contributed by atoms with E-state index in [0.29, 0.717) is 16.3 Å². The van der Waals surface area contributed by atoms with Gasteiger partial charge in [0.1, 0.15) is 0 Å². The van der Waals surface area contributed by atoms with Gasteiger partial charge in [0, 0.05) is 32.2 Å². The van der Waals surface area contributed by atoms with E-state index in [2.05, 4.69) is 26.4 Å². The molecule has 0 aromatic heterocycles. The molecule has 8 heteroatoms. The monoisotopic (exact) mass is 345 g/mol. The van der Waals surface area contributed by atoms with Crippen molar-refractivity contribution < 1.29 is 4.74 Å². The lowest BCUT2D eigenvalue weighted by atomic mass is 9.96. The maximum Gasteiger partial charge on any atom is 0.185 e. The highest BCUT2D eigenvalue weighted by Gasteiger charge is 2.14. The van der Waals surface area contributed by atoms with E-state index in [9.17, 15) is 0 Å². The molecule has 1 heterocycles. The molecule has 1 saturated carbocycles. The van der Waals surface area contributed by atoms with Crippen LogP contribution >= 0.6 is 24.4 Å². The van der Waals surface area contributed by atoms with E-state index in [1.54, 1.807) is 0 Å². The van der Waals surface area contributed by atoms with Crippen LogP contribution in [0.5, 0.6) is 0 Å². The van der Waals surface area contributed by atoms with Gasteiger partial charge in [-0.1, -0.05) is 19.3 Å². The summed E-state index contributed by atoms with van der Waals surface area (Å²) in [5, 5.41) is 7.69. The molecule has 0 bridgehead atoms. The normalized spacial score (nSPS) is 20.2. The van der Waals surface area contributed by atoms with Crippen LogP contribution in [0.25, 0.3) is 0 Å². The molecule has 0 radical (unpaired) electrons. The molecular weight excluding hydrogens is 318 g/mol. The number of hydrazine groups is 1. The molecule has 6 nitrogen and oxygen atoms in total. The van der Waals surface area contributed by atoms with Crippen molar-refractivity contribution in [1.29, 1.82) is 0 Å². The largest absolute Gasteiger partial charge is 0.379 e. The third-order valence-electron chi connectivity index (χ3n) is 4.05. The van der Waals surface area contributed by atoms with Crippen molar-refractivity contribution >= 4 is 34.7 Å². The standard InChI is InChI=1S/C14H27N5OS2/c21-13(15-6-7-19-8-10-20-11-9-19)17-18-14(22)16-12-4-2-1-3-5-12/h12H,1-11H2,(H2,15,17,21)(H2,16,18,22). The average Bonchev–Trinajstić information content (AvgIpc) is 2.55. The van der Waals surface area contributed by atoms with Crippen molar-refractivity contribution in [3.63, 3.8) is 0 Å². The van der Waals surface area contributed by atoms with Gasteiger partial charge in [-0.2, -0.15) is 0 Å². The molecule has 0 aromatic rings. The first-order valence-electron chi connectivity index (χ1n) is 8.14. The van der Waals surface area contributed by atoms with Crippen LogP contribution in [0.1, 0.15) is 32.1 Å². The first-order valence-corrected chi connectivity index (χ1v) is 8.96. The highest BCUT2D eigenvalue weighted by atomic mass is 32.1. The highest BCUT2D eigenvalue weighted by molar-refractivity contribution is 7.80. The Morgan fingerprint density at radius 1 is 1.00 bits per heavy atom. The topological polar surface area (TPSA) is 60.6 Å². The summed E-state index contributed by atoms with van der Waals surface area (Å²) < 4.78 is 5.32. The molecule has 1 aliphatic heterocycles. The van der Waals surface area contributed by atoms with Crippen molar-refractivity contribution in [3.8, 4) is 0 Å². The minimum absolute atomic E-state index is 0.499. The van der Waals surface area contributed by atoms with E-state index in [1.165, 1.54) is 32.1 Å². The van der Waals surface area contributed by atoms with E-state index in [-0.39, 0.29) is 0 Å². The lowest BCUT2D eigenvalue weighted by Crippen LogP contribution is -2.53. The number of thiocarbonyl (C=S) groups is 2. The Morgan fingerprint density at radius 3 is 2.41 bits per heavy atom. The van der Waals surface area contributed by atoms with Gasteiger partial charge in [0.15, 0.2) is 10.2 Å². The van der Waals surface area contributed by atoms with Gasteiger partial charge in [-0.15, -0.1) is 0 Å². The Bertz CT molecular complexity index is 357. The van der Waals surface area contributed by atoms with Crippen LogP contribution in [0, 0.1) is 0 Å². The maximum atomic E-state index is 5.32. The summed E-state index contributed by atoms with van der Waals surface area (Å²) in [6, 6.07) is 0.499. The zero-order valence-electron chi connectivity index (χ0n) is 13.0. The average molecular weight is 346 g/mol. The third kappa shape index (κ3) is 7.04. The molecule has 0 spiro atoms. The van der Waals surface area contributed by atoms with E-state index < -0.39 is 0 Å². The van der Waals surface area contributed by atoms with Gasteiger partial charge in [-0.05, 0) is 37.3 Å². The molecule has 22 heavy (non-hydrogen) atoms. The SMILES string of the molecule is S=C(NCCN1CCOCC1)NNC(=S)NC1CCCCC1. The first kappa shape index (κ1) is 17.7. The summed E-state index contributed by atoms with van der Waals surface area (Å²) in [6.07, 6.45) is 6.31. The number of ether oxygens (including phenoxy) is 1. The van der Waals surface area contributed by atoms with Gasteiger partial charge in [-0.3, -0.25) is 15.8 Å². The maximum absolute atomic E-state index is 5.32. The predicted octanol–water partition coefficient (Wildman–Crippen LogP) is 0.495. The molecule has 2 aliphatic rings. The van der Waals surface area contributed by atoms with Crippen LogP contribution in [0.15, 0.2) is 0 Å². The molecule has 2 fully saturated rings. The smallest absolute Gasteiger partial charge is 0.185 e. The van der Waals surface area contributed by atoms with Crippen molar-refractivity contribution in [2.75, 3.05) is 39.4 Å². The number of morpholine rings is 1. The quantitative estimate of drug-likeness (QED) is 0.434. The highest BCUT2D eigenvalue weighted by Crippen LogP contribution is 2.16. The summed E-state index contributed by atoms with van der Waals surface area (Å²) in [5.41, 5.74) is 5.88. The number of rotatable bonds is 4. The van der Waals surface area contributed by atoms with Crippen LogP contribution in [0.2, 0.25) is 0 Å². The molecule has 1 saturated heterocycles. The van der Waals surface area contributed by atoms with Crippen LogP contribution in [-0.4, -0.2) is 60.6 Å². The molecule has 0 unspecified atom stereocenters. The number of nitrogens with zero attached hydrogens (tertiary/aromatic N) is 1. The van der Waals surface area contributed by atoms with Crippen LogP contribution in [-0.2, 0) is 4.74 Å². The Labute approximate surface area is 143 Å². The van der Waals surface area contributed by atoms with Crippen molar-refractivity contribution in [3.05, 3.63) is 0 Å². The van der Waals surface area contributed by atoms with Gasteiger partial charge in [0.05, 0.1) is 13.2 Å². The van der Waals surface area contributed by atoms with Crippen LogP contribution in [0.4, 0.5) is 0 Å². The predicted molar refractivity (Wildman–Crippen MR) is 96.7 cm³/mol. The van der Waals surface area contributed by atoms with Crippen molar-refractivity contribution in [2.45, 2.75) is 38.1 Å². The van der Waals surface area contributed by atoms with Gasteiger partial charge in [0.25, 0.3) is 0 Å². The summed E-state index contributed by atoms with van der Waals surface area (Å²) in [7, 11) is 0. The summed E-state index contributed by atoms with van der Waals surface area (Å²) in [4.78, 5) is 2.36. The summed E-state index contributed by atoms with van der Waals surface area (Å²) >= 11 is 10.5. The molecule has 1 aliphatic carbocycles. The van der Waals surface area contributed by atoms with Crippen molar-refractivity contribution in [2.24, 2.45) is 0 Å². The van der Waals surface area contributed by atoms with Gasteiger partial charge < -0.3 is 15.4 Å². The fraction of sp³-hybridized carbons (Fsp3) is 0.857. The van der Waals surface area contributed by atoms with Gasteiger partial charge >= 0.3 is 0 Å². The number of nitrogens with one attached hydrogen (secondary N) is 4. The number of hydrogen-bond donors (Lipinski definition) is 4. The fourth-order valence-electron chi connectivity index (χ4n) is 2.78. The van der Waals surface area contributed by atoms with E-state index >= 15 is 0 Å². The summed E-state index contributed by atoms with van der Waals surface area (Å²) in [5.74, 6) is 0. The second-order valence-electron chi connectivity index (χ2n) is 5.77. The van der Waals surface area contributed by atoms with Crippen LogP contribution in [0.3, 0.4) is 0 Å². The molecule has 0 amide bonds. The van der Waals surface area contributed by atoms with Gasteiger partial charge in [-0.25, -0.2) is 0 Å². The second kappa shape index (κ2) is 10.1. The van der Waals surface area contributed by atoms with E-state index in [4.69, 9.17) is 29.2 Å². The Morgan fingerprint density at radius 2 is 1.68 bits per heavy atom. The number of hydrogen-bond acceptors (Lipinski definition) is 4. The van der Waals surface area contributed by atoms with Crippen LogP contribution < -0.4 is 21.5 Å². The molecular formula is C14H27N5OS2. The summed E-state index contributed by atoms with van der Waals surface area (Å²) in [6.45, 7) is 5.42. The third-order valence-corrected chi connectivity index (χ3v) is 4.51. The molecule has 2 rings (SSSR count). The van der Waals surface area contributed by atoms with E-state index in [0.717, 1.165) is 39.4 Å². The Kier molecular flexibility index (Phi) is 8.14. The Hall–Kier alpha value is -0.700. The van der Waals surface area contributed by atoms with Gasteiger partial charge in [0.2, 0.25) is 0 Å². The minimum Gasteiger partial charge on any atom is -0.379 e. The zero-order valence-corrected chi connectivity index (χ0v) is 14.7. The zero-order chi connectivity index (χ0) is 15.6. The lowest BCUT2D eigenvalue weighted by molar-refractivity contribution is 0.0389.